The molecule has 0 heterocycles. The minimum Gasteiger partial charge on any atom is -0.488 e. The van der Waals surface area contributed by atoms with Crippen molar-refractivity contribution in [3.63, 3.8) is 0 Å². The molecular weight excluding hydrogens is 238 g/mol. The van der Waals surface area contributed by atoms with E-state index in [1.165, 1.54) is 6.42 Å². The van der Waals surface area contributed by atoms with Crippen molar-refractivity contribution in [2.75, 3.05) is 0 Å². The first-order valence-electron chi connectivity index (χ1n) is 7.41. The monoisotopic (exact) mass is 263 g/mol. The van der Waals surface area contributed by atoms with E-state index in [0.717, 1.165) is 43.4 Å². The molecule has 1 aliphatic carbocycles. The van der Waals surface area contributed by atoms with E-state index in [0.29, 0.717) is 0 Å². The summed E-state index contributed by atoms with van der Waals surface area (Å²) < 4.78 is 5.93. The molecular formula is C16H25NO2. The molecule has 1 aliphatic rings. The molecule has 0 spiro atoms. The molecule has 0 saturated heterocycles. The molecule has 3 nitrogen and oxygen atoms in total. The zero-order chi connectivity index (χ0) is 13.7. The molecule has 2 rings (SSSR count). The maximum Gasteiger partial charge on any atom is 0.124 e. The Balaban J connectivity index is 1.98. The summed E-state index contributed by atoms with van der Waals surface area (Å²) in [7, 11) is 0. The molecule has 0 radical (unpaired) electrons. The molecule has 0 bridgehead atoms. The van der Waals surface area contributed by atoms with Crippen LogP contribution in [0, 0.1) is 0 Å². The Hall–Kier alpha value is -1.06. The largest absolute Gasteiger partial charge is 0.488 e. The van der Waals surface area contributed by atoms with Crippen LogP contribution in [0.3, 0.4) is 0 Å². The number of benzene rings is 1. The van der Waals surface area contributed by atoms with Gasteiger partial charge in [-0.05, 0) is 43.4 Å². The quantitative estimate of drug-likeness (QED) is 0.820. The average Bonchev–Trinajstić information content (AvgIpc) is 2.64. The predicted octanol–water partition coefficient (Wildman–Crippen LogP) is 3.17. The molecule has 106 valence electrons. The van der Waals surface area contributed by atoms with Crippen LogP contribution in [0.4, 0.5) is 0 Å². The third-order valence-electron chi connectivity index (χ3n) is 3.95. The van der Waals surface area contributed by atoms with Crippen molar-refractivity contribution in [1.82, 2.24) is 0 Å². The molecule has 19 heavy (non-hydrogen) atoms. The van der Waals surface area contributed by atoms with Crippen molar-refractivity contribution in [3.05, 3.63) is 29.8 Å². The van der Waals surface area contributed by atoms with Gasteiger partial charge in [0.15, 0.2) is 0 Å². The van der Waals surface area contributed by atoms with E-state index in [-0.39, 0.29) is 18.2 Å². The van der Waals surface area contributed by atoms with Crippen LogP contribution in [0.15, 0.2) is 24.3 Å². The van der Waals surface area contributed by atoms with Gasteiger partial charge in [-0.3, -0.25) is 0 Å². The molecule has 0 aliphatic heterocycles. The minimum absolute atomic E-state index is 0.0619. The third kappa shape index (κ3) is 3.95. The lowest BCUT2D eigenvalue weighted by Crippen LogP contribution is -2.30. The number of aliphatic hydroxyl groups excluding tert-OH is 1. The van der Waals surface area contributed by atoms with Crippen LogP contribution in [0.2, 0.25) is 0 Å². The second kappa shape index (κ2) is 6.92. The van der Waals surface area contributed by atoms with Gasteiger partial charge in [-0.15, -0.1) is 0 Å². The summed E-state index contributed by atoms with van der Waals surface area (Å²) in [4.78, 5) is 0. The van der Waals surface area contributed by atoms with Gasteiger partial charge in [-0.25, -0.2) is 0 Å². The standard InChI is InChI=1S/C16H25NO2/c1-2-14(17)12-8-10-13(11-9-12)19-16-7-5-3-4-6-15(16)18/h8-11,14-16,18H,2-7,17H2,1H3. The van der Waals surface area contributed by atoms with E-state index in [4.69, 9.17) is 10.5 Å². The fraction of sp³-hybridized carbons (Fsp3) is 0.625. The Bertz CT molecular complexity index is 377. The highest BCUT2D eigenvalue weighted by Gasteiger charge is 2.23. The number of hydrogen-bond donors (Lipinski definition) is 2. The lowest BCUT2D eigenvalue weighted by Gasteiger charge is -2.22. The summed E-state index contributed by atoms with van der Waals surface area (Å²) in [5.74, 6) is 0.831. The summed E-state index contributed by atoms with van der Waals surface area (Å²) in [6.45, 7) is 2.08. The van der Waals surface area contributed by atoms with Crippen LogP contribution in [0.25, 0.3) is 0 Å². The third-order valence-corrected chi connectivity index (χ3v) is 3.95. The molecule has 1 aromatic rings. The van der Waals surface area contributed by atoms with Crippen LogP contribution in [0.1, 0.15) is 57.1 Å². The topological polar surface area (TPSA) is 55.5 Å². The Morgan fingerprint density at radius 2 is 1.89 bits per heavy atom. The Labute approximate surface area is 115 Å². The lowest BCUT2D eigenvalue weighted by molar-refractivity contribution is 0.0320. The van der Waals surface area contributed by atoms with Gasteiger partial charge in [0.2, 0.25) is 0 Å². The van der Waals surface area contributed by atoms with Gasteiger partial charge in [-0.1, -0.05) is 31.9 Å². The van der Waals surface area contributed by atoms with Crippen LogP contribution in [-0.2, 0) is 0 Å². The van der Waals surface area contributed by atoms with Gasteiger partial charge in [0, 0.05) is 6.04 Å². The summed E-state index contributed by atoms with van der Waals surface area (Å²) >= 11 is 0. The zero-order valence-corrected chi connectivity index (χ0v) is 11.7. The molecule has 1 fully saturated rings. The molecule has 3 unspecified atom stereocenters. The van der Waals surface area contributed by atoms with Crippen LogP contribution < -0.4 is 10.5 Å². The number of ether oxygens (including phenoxy) is 1. The average molecular weight is 263 g/mol. The summed E-state index contributed by atoms with van der Waals surface area (Å²) in [6.07, 6.45) is 5.77. The molecule has 0 amide bonds. The fourth-order valence-electron chi connectivity index (χ4n) is 2.60. The Kier molecular flexibility index (Phi) is 5.23. The van der Waals surface area contributed by atoms with Gasteiger partial charge in [0.25, 0.3) is 0 Å². The summed E-state index contributed by atoms with van der Waals surface area (Å²) in [5, 5.41) is 10.0. The number of hydrogen-bond acceptors (Lipinski definition) is 3. The van der Waals surface area contributed by atoms with E-state index in [1.807, 2.05) is 24.3 Å². The van der Waals surface area contributed by atoms with Crippen molar-refractivity contribution in [1.29, 1.82) is 0 Å². The molecule has 1 saturated carbocycles. The van der Waals surface area contributed by atoms with Crippen LogP contribution in [0.5, 0.6) is 5.75 Å². The number of aliphatic hydroxyl groups is 1. The van der Waals surface area contributed by atoms with E-state index in [1.54, 1.807) is 0 Å². The highest BCUT2D eigenvalue weighted by atomic mass is 16.5. The first-order chi connectivity index (χ1) is 9.20. The van der Waals surface area contributed by atoms with Gasteiger partial charge in [0.1, 0.15) is 11.9 Å². The van der Waals surface area contributed by atoms with Crippen LogP contribution in [-0.4, -0.2) is 17.3 Å². The van der Waals surface area contributed by atoms with Crippen molar-refractivity contribution in [2.24, 2.45) is 5.73 Å². The van der Waals surface area contributed by atoms with Gasteiger partial charge < -0.3 is 15.6 Å². The SMILES string of the molecule is CCC(N)c1ccc(OC2CCCCCC2O)cc1. The van der Waals surface area contributed by atoms with E-state index < -0.39 is 0 Å². The first-order valence-corrected chi connectivity index (χ1v) is 7.41. The molecule has 1 aromatic carbocycles. The normalized spacial score (nSPS) is 25.6. The first kappa shape index (κ1) is 14.4. The van der Waals surface area contributed by atoms with Gasteiger partial charge in [0.05, 0.1) is 6.10 Å². The maximum atomic E-state index is 10.0. The molecule has 3 atom stereocenters. The Morgan fingerprint density at radius 1 is 1.21 bits per heavy atom. The van der Waals surface area contributed by atoms with Gasteiger partial charge in [-0.2, -0.15) is 0 Å². The van der Waals surface area contributed by atoms with Crippen molar-refractivity contribution >= 4 is 0 Å². The summed E-state index contributed by atoms with van der Waals surface area (Å²) in [5.41, 5.74) is 7.13. The van der Waals surface area contributed by atoms with Crippen molar-refractivity contribution < 1.29 is 9.84 Å². The molecule has 3 N–H and O–H groups in total. The highest BCUT2D eigenvalue weighted by molar-refractivity contribution is 5.29. The smallest absolute Gasteiger partial charge is 0.124 e. The predicted molar refractivity (Wildman–Crippen MR) is 77.2 cm³/mol. The molecule has 0 aromatic heterocycles. The second-order valence-corrected chi connectivity index (χ2v) is 5.45. The minimum atomic E-state index is -0.333. The van der Waals surface area contributed by atoms with Crippen LogP contribution >= 0.6 is 0 Å². The molecule has 3 heteroatoms. The summed E-state index contributed by atoms with van der Waals surface area (Å²) in [6, 6.07) is 8.06. The van der Waals surface area contributed by atoms with E-state index in [2.05, 4.69) is 6.92 Å². The lowest BCUT2D eigenvalue weighted by atomic mass is 10.1. The number of rotatable bonds is 4. The van der Waals surface area contributed by atoms with Crippen molar-refractivity contribution in [2.45, 2.75) is 63.7 Å². The fourth-order valence-corrected chi connectivity index (χ4v) is 2.60. The highest BCUT2D eigenvalue weighted by Crippen LogP contribution is 2.24. The van der Waals surface area contributed by atoms with Crippen molar-refractivity contribution in [3.8, 4) is 5.75 Å². The van der Waals surface area contributed by atoms with E-state index >= 15 is 0 Å². The second-order valence-electron chi connectivity index (χ2n) is 5.45. The Morgan fingerprint density at radius 3 is 2.58 bits per heavy atom. The zero-order valence-electron chi connectivity index (χ0n) is 11.7. The van der Waals surface area contributed by atoms with Gasteiger partial charge >= 0.3 is 0 Å². The van der Waals surface area contributed by atoms with E-state index in [9.17, 15) is 5.11 Å². The maximum absolute atomic E-state index is 10.0. The number of nitrogens with two attached hydrogens (primary N) is 1.